The van der Waals surface area contributed by atoms with Crippen LogP contribution in [-0.4, -0.2) is 27.7 Å². The Labute approximate surface area is 115 Å². The summed E-state index contributed by atoms with van der Waals surface area (Å²) < 4.78 is 6.52. The van der Waals surface area contributed by atoms with E-state index in [2.05, 4.69) is 10.2 Å². The van der Waals surface area contributed by atoms with E-state index in [1.54, 1.807) is 7.11 Å². The third-order valence-corrected chi connectivity index (χ3v) is 3.33. The molecule has 7 heteroatoms. The third-order valence-electron chi connectivity index (χ3n) is 2.52. The van der Waals surface area contributed by atoms with Gasteiger partial charge in [-0.2, -0.15) is 5.26 Å². The first-order valence-corrected chi connectivity index (χ1v) is 6.55. The molecule has 1 aromatic heterocycles. The van der Waals surface area contributed by atoms with Crippen molar-refractivity contribution in [3.63, 3.8) is 0 Å². The molecule has 0 radical (unpaired) electrons. The number of nitriles is 1. The number of hydrogen-bond donors (Lipinski definition) is 1. The smallest absolute Gasteiger partial charge is 0.210 e. The van der Waals surface area contributed by atoms with E-state index in [0.29, 0.717) is 23.2 Å². The summed E-state index contributed by atoms with van der Waals surface area (Å²) in [5.74, 6) is 7.65. The van der Waals surface area contributed by atoms with Crippen molar-refractivity contribution >= 4 is 11.8 Å². The Balaban J connectivity index is 2.10. The molecule has 1 heterocycles. The average molecular weight is 275 g/mol. The molecule has 0 aliphatic heterocycles. The molecular weight excluding hydrogens is 262 g/mol. The molecule has 0 fully saturated rings. The lowest BCUT2D eigenvalue weighted by atomic mass is 10.1. The summed E-state index contributed by atoms with van der Waals surface area (Å²) in [6, 6.07) is 9.71. The minimum absolute atomic E-state index is 0.303. The van der Waals surface area contributed by atoms with Gasteiger partial charge in [-0.1, -0.05) is 23.9 Å². The highest BCUT2D eigenvalue weighted by Crippen LogP contribution is 2.17. The summed E-state index contributed by atoms with van der Waals surface area (Å²) in [7, 11) is 1.63. The Morgan fingerprint density at radius 2 is 2.11 bits per heavy atom. The number of hydrogen-bond acceptors (Lipinski definition) is 6. The fraction of sp³-hybridized carbons (Fsp3) is 0.250. The summed E-state index contributed by atoms with van der Waals surface area (Å²) >= 11 is 1.27. The maximum atomic E-state index is 8.53. The topological polar surface area (TPSA) is 89.8 Å². The Hall–Kier alpha value is -2.20. The molecule has 0 saturated heterocycles. The number of aromatic nitrogens is 3. The molecule has 0 atom stereocenters. The number of nitrogen functional groups attached to an aromatic ring is 1. The van der Waals surface area contributed by atoms with E-state index in [4.69, 9.17) is 15.8 Å². The van der Waals surface area contributed by atoms with E-state index in [-0.39, 0.29) is 0 Å². The number of benzene rings is 1. The van der Waals surface area contributed by atoms with Crippen molar-refractivity contribution in [1.82, 2.24) is 14.9 Å². The molecule has 98 valence electrons. The SMILES string of the molecule is COc1ccc(Cc2nnc(SCC#N)n2N)cc1. The van der Waals surface area contributed by atoms with E-state index >= 15 is 0 Å². The van der Waals surface area contributed by atoms with Crippen molar-refractivity contribution in [2.24, 2.45) is 0 Å². The van der Waals surface area contributed by atoms with Crippen LogP contribution in [0.1, 0.15) is 11.4 Å². The highest BCUT2D eigenvalue weighted by molar-refractivity contribution is 7.99. The second-order valence-corrected chi connectivity index (χ2v) is 4.68. The van der Waals surface area contributed by atoms with Gasteiger partial charge >= 0.3 is 0 Å². The fourth-order valence-electron chi connectivity index (χ4n) is 1.55. The Morgan fingerprint density at radius 1 is 1.37 bits per heavy atom. The highest BCUT2D eigenvalue weighted by atomic mass is 32.2. The second kappa shape index (κ2) is 6.11. The number of nitrogens with zero attached hydrogens (tertiary/aromatic N) is 4. The Bertz CT molecular complexity index is 587. The van der Waals surface area contributed by atoms with Crippen molar-refractivity contribution in [2.75, 3.05) is 18.7 Å². The summed E-state index contributed by atoms with van der Waals surface area (Å²) in [5, 5.41) is 17.1. The molecule has 0 bridgehead atoms. The van der Waals surface area contributed by atoms with Gasteiger partial charge in [0.25, 0.3) is 0 Å². The van der Waals surface area contributed by atoms with Crippen LogP contribution in [0.25, 0.3) is 0 Å². The summed E-state index contributed by atoms with van der Waals surface area (Å²) in [6.07, 6.45) is 0.584. The molecule has 19 heavy (non-hydrogen) atoms. The van der Waals surface area contributed by atoms with E-state index in [1.165, 1.54) is 16.4 Å². The van der Waals surface area contributed by atoms with Crippen LogP contribution in [-0.2, 0) is 6.42 Å². The van der Waals surface area contributed by atoms with Gasteiger partial charge in [-0.05, 0) is 17.7 Å². The van der Waals surface area contributed by atoms with Crippen molar-refractivity contribution in [3.8, 4) is 11.8 Å². The first kappa shape index (κ1) is 13.2. The van der Waals surface area contributed by atoms with Gasteiger partial charge in [0.2, 0.25) is 5.16 Å². The third kappa shape index (κ3) is 3.17. The summed E-state index contributed by atoms with van der Waals surface area (Å²) in [5.41, 5.74) is 1.07. The van der Waals surface area contributed by atoms with Gasteiger partial charge in [0, 0.05) is 6.42 Å². The monoisotopic (exact) mass is 275 g/mol. The van der Waals surface area contributed by atoms with Gasteiger partial charge in [-0.25, -0.2) is 4.68 Å². The van der Waals surface area contributed by atoms with Gasteiger partial charge in [0.1, 0.15) is 5.75 Å². The molecule has 1 aromatic carbocycles. The molecule has 2 aromatic rings. The lowest BCUT2D eigenvalue weighted by Crippen LogP contribution is -2.14. The van der Waals surface area contributed by atoms with Gasteiger partial charge in [0.15, 0.2) is 5.82 Å². The highest BCUT2D eigenvalue weighted by Gasteiger charge is 2.10. The molecule has 0 saturated carbocycles. The van der Waals surface area contributed by atoms with E-state index in [9.17, 15) is 0 Å². The normalized spacial score (nSPS) is 10.1. The predicted molar refractivity (Wildman–Crippen MR) is 72.3 cm³/mol. The lowest BCUT2D eigenvalue weighted by Gasteiger charge is -2.04. The zero-order valence-corrected chi connectivity index (χ0v) is 11.2. The summed E-state index contributed by atoms with van der Waals surface area (Å²) in [6.45, 7) is 0. The molecule has 0 unspecified atom stereocenters. The number of nitrogens with two attached hydrogens (primary N) is 1. The van der Waals surface area contributed by atoms with Crippen LogP contribution in [0, 0.1) is 11.3 Å². The van der Waals surface area contributed by atoms with Crippen LogP contribution in [0.4, 0.5) is 0 Å². The predicted octanol–water partition coefficient (Wildman–Crippen LogP) is 1.21. The molecule has 2 rings (SSSR count). The lowest BCUT2D eigenvalue weighted by molar-refractivity contribution is 0.414. The summed E-state index contributed by atoms with van der Waals surface area (Å²) in [4.78, 5) is 0. The molecular formula is C12H13N5OS. The Kier molecular flexibility index (Phi) is 4.26. The number of thioether (sulfide) groups is 1. The molecule has 0 aliphatic carbocycles. The van der Waals surface area contributed by atoms with Gasteiger partial charge < -0.3 is 10.6 Å². The van der Waals surface area contributed by atoms with Gasteiger partial charge in [-0.15, -0.1) is 10.2 Å². The van der Waals surface area contributed by atoms with Crippen LogP contribution in [0.5, 0.6) is 5.75 Å². The van der Waals surface area contributed by atoms with Crippen molar-refractivity contribution < 1.29 is 4.74 Å². The number of rotatable bonds is 5. The second-order valence-electron chi connectivity index (χ2n) is 3.74. The number of methoxy groups -OCH3 is 1. The number of ether oxygens (including phenoxy) is 1. The van der Waals surface area contributed by atoms with E-state index in [1.807, 2.05) is 30.3 Å². The van der Waals surface area contributed by atoms with Crippen LogP contribution in [0.2, 0.25) is 0 Å². The van der Waals surface area contributed by atoms with Crippen LogP contribution < -0.4 is 10.6 Å². The molecule has 6 nitrogen and oxygen atoms in total. The van der Waals surface area contributed by atoms with Crippen molar-refractivity contribution in [2.45, 2.75) is 11.6 Å². The van der Waals surface area contributed by atoms with Crippen molar-refractivity contribution in [1.29, 1.82) is 5.26 Å². The standard InChI is InChI=1S/C12H13N5OS/c1-18-10-4-2-9(3-5-10)8-11-15-16-12(17(11)14)19-7-6-13/h2-5H,7-8,14H2,1H3. The van der Waals surface area contributed by atoms with Gasteiger partial charge in [-0.3, -0.25) is 0 Å². The molecule has 0 amide bonds. The quantitative estimate of drug-likeness (QED) is 0.651. The largest absolute Gasteiger partial charge is 0.497 e. The first-order valence-electron chi connectivity index (χ1n) is 5.56. The molecule has 0 aliphatic rings. The van der Waals surface area contributed by atoms with Crippen LogP contribution in [0.15, 0.2) is 29.4 Å². The first-order chi connectivity index (χ1) is 9.24. The minimum atomic E-state index is 0.303. The fourth-order valence-corrected chi connectivity index (χ4v) is 2.09. The maximum absolute atomic E-state index is 8.53. The van der Waals surface area contributed by atoms with Crippen LogP contribution >= 0.6 is 11.8 Å². The minimum Gasteiger partial charge on any atom is -0.497 e. The van der Waals surface area contributed by atoms with Crippen molar-refractivity contribution in [3.05, 3.63) is 35.7 Å². The zero-order chi connectivity index (χ0) is 13.7. The van der Waals surface area contributed by atoms with Crippen LogP contribution in [0.3, 0.4) is 0 Å². The Morgan fingerprint density at radius 3 is 2.74 bits per heavy atom. The average Bonchev–Trinajstić information content (AvgIpc) is 2.78. The molecule has 2 N–H and O–H groups in total. The molecule has 0 spiro atoms. The van der Waals surface area contributed by atoms with E-state index in [0.717, 1.165) is 11.3 Å². The van der Waals surface area contributed by atoms with E-state index < -0.39 is 0 Å². The maximum Gasteiger partial charge on any atom is 0.210 e. The zero-order valence-electron chi connectivity index (χ0n) is 10.4. The van der Waals surface area contributed by atoms with Gasteiger partial charge in [0.05, 0.1) is 18.9 Å².